The average molecular weight is 345 g/mol. The Morgan fingerprint density at radius 3 is 2.40 bits per heavy atom. The van der Waals surface area contributed by atoms with Crippen LogP contribution in [-0.2, 0) is 0 Å². The minimum atomic E-state index is 0.0491. The molecule has 0 aliphatic heterocycles. The molecule has 2 aromatic heterocycles. The number of H-pyrrole nitrogens is 1. The first-order valence-electron chi connectivity index (χ1n) is 7.93. The number of thioether (sulfide) groups is 1. The van der Waals surface area contributed by atoms with Gasteiger partial charge in [0.2, 0.25) is 0 Å². The van der Waals surface area contributed by atoms with Gasteiger partial charge in [-0.25, -0.2) is 0 Å². The summed E-state index contributed by atoms with van der Waals surface area (Å²) in [7, 11) is 0. The third kappa shape index (κ3) is 3.19. The number of hydrogen-bond acceptors (Lipinski definition) is 4. The molecule has 0 fully saturated rings. The van der Waals surface area contributed by atoms with Crippen LogP contribution < -0.4 is 0 Å². The Morgan fingerprint density at radius 2 is 1.64 bits per heavy atom. The summed E-state index contributed by atoms with van der Waals surface area (Å²) in [5.74, 6) is 0.372. The van der Waals surface area contributed by atoms with E-state index >= 15 is 0 Å². The molecule has 1 N–H and O–H groups in total. The monoisotopic (exact) mass is 345 g/mol. The molecule has 0 saturated heterocycles. The highest BCUT2D eigenvalue weighted by Crippen LogP contribution is 2.31. The van der Waals surface area contributed by atoms with Crippen molar-refractivity contribution >= 4 is 28.3 Å². The molecule has 0 aliphatic carbocycles. The van der Waals surface area contributed by atoms with Crippen LogP contribution in [-0.4, -0.2) is 26.7 Å². The maximum Gasteiger partial charge on any atom is 0.189 e. The summed E-state index contributed by atoms with van der Waals surface area (Å²) in [6, 6.07) is 21.7. The number of benzene rings is 2. The number of hydrogen-bond donors (Lipinski definition) is 1. The van der Waals surface area contributed by atoms with Gasteiger partial charge in [0.15, 0.2) is 5.78 Å². The van der Waals surface area contributed by atoms with Crippen molar-refractivity contribution in [3.05, 3.63) is 78.6 Å². The molecule has 0 unspecified atom stereocenters. The Morgan fingerprint density at radius 1 is 0.880 bits per heavy atom. The second-order valence-electron chi connectivity index (χ2n) is 5.56. The highest BCUT2D eigenvalue weighted by molar-refractivity contribution is 8.00. The van der Waals surface area contributed by atoms with Crippen LogP contribution in [0.4, 0.5) is 0 Å². The molecule has 0 aliphatic rings. The Kier molecular flexibility index (Phi) is 4.31. The van der Waals surface area contributed by atoms with Crippen LogP contribution in [0.5, 0.6) is 0 Å². The van der Waals surface area contributed by atoms with Gasteiger partial charge < -0.3 is 4.98 Å². The lowest BCUT2D eigenvalue weighted by Crippen LogP contribution is -2.03. The van der Waals surface area contributed by atoms with E-state index in [-0.39, 0.29) is 5.78 Å². The van der Waals surface area contributed by atoms with Crippen molar-refractivity contribution < 1.29 is 4.79 Å². The van der Waals surface area contributed by atoms with Crippen molar-refractivity contribution in [3.63, 3.8) is 0 Å². The summed E-state index contributed by atoms with van der Waals surface area (Å²) in [5, 5.41) is 11.6. The first-order valence-corrected chi connectivity index (χ1v) is 8.92. The molecule has 4 aromatic rings. The molecular weight excluding hydrogens is 330 g/mol. The normalized spacial score (nSPS) is 10.9. The highest BCUT2D eigenvalue weighted by atomic mass is 32.2. The van der Waals surface area contributed by atoms with Gasteiger partial charge in [0.25, 0.3) is 0 Å². The van der Waals surface area contributed by atoms with Crippen molar-refractivity contribution in [2.45, 2.75) is 5.03 Å². The van der Waals surface area contributed by atoms with Gasteiger partial charge in [-0.05, 0) is 12.1 Å². The zero-order valence-corrected chi connectivity index (χ0v) is 14.2. The summed E-state index contributed by atoms with van der Waals surface area (Å²) >= 11 is 1.42. The summed E-state index contributed by atoms with van der Waals surface area (Å²) in [6.07, 6.45) is 1.75. The smallest absolute Gasteiger partial charge is 0.189 e. The van der Waals surface area contributed by atoms with E-state index in [0.29, 0.717) is 11.4 Å². The number of nitrogens with one attached hydrogen (secondary N) is 1. The average Bonchev–Trinajstić information content (AvgIpc) is 3.21. The van der Waals surface area contributed by atoms with Gasteiger partial charge in [0, 0.05) is 22.5 Å². The van der Waals surface area contributed by atoms with E-state index in [1.807, 2.05) is 60.7 Å². The maximum atomic E-state index is 12.2. The predicted octanol–water partition coefficient (Wildman–Crippen LogP) is 4.60. The topological polar surface area (TPSA) is 58.6 Å². The quantitative estimate of drug-likeness (QED) is 0.424. The van der Waals surface area contributed by atoms with Crippen molar-refractivity contribution in [2.24, 2.45) is 0 Å². The van der Waals surface area contributed by atoms with E-state index in [1.54, 1.807) is 12.3 Å². The molecule has 4 rings (SSSR count). The van der Waals surface area contributed by atoms with E-state index in [0.717, 1.165) is 27.1 Å². The number of fused-ring (bicyclic) bond motifs is 1. The number of aromatic nitrogens is 3. The van der Waals surface area contributed by atoms with Crippen LogP contribution in [0.15, 0.2) is 78.0 Å². The number of nitrogens with zero attached hydrogens (tertiary/aromatic N) is 2. The van der Waals surface area contributed by atoms with E-state index < -0.39 is 0 Å². The molecule has 5 heteroatoms. The predicted molar refractivity (Wildman–Crippen MR) is 101 cm³/mol. The van der Waals surface area contributed by atoms with Gasteiger partial charge in [-0.15, -0.1) is 10.2 Å². The van der Waals surface area contributed by atoms with Gasteiger partial charge in [-0.2, -0.15) is 0 Å². The lowest BCUT2D eigenvalue weighted by molar-refractivity contribution is 0.101. The molecule has 25 heavy (non-hydrogen) atoms. The first kappa shape index (κ1) is 15.6. The summed E-state index contributed by atoms with van der Waals surface area (Å²) in [6.45, 7) is 0. The minimum Gasteiger partial charge on any atom is -0.359 e. The standard InChI is InChI=1S/C20H15N3OS/c24-18(17-11-6-12-21-17)13-25-20-16-10-5-4-9-15(16)19(22-23-20)14-7-2-1-3-8-14/h1-12,21H,13H2. The number of aromatic amines is 1. The molecule has 0 bridgehead atoms. The molecule has 0 saturated carbocycles. The van der Waals surface area contributed by atoms with E-state index in [4.69, 9.17) is 0 Å². The Hall–Kier alpha value is -2.92. The number of Topliss-reactive ketones (excluding diaryl/α,β-unsaturated/α-hetero) is 1. The van der Waals surface area contributed by atoms with Crippen molar-refractivity contribution in [2.75, 3.05) is 5.75 Å². The van der Waals surface area contributed by atoms with E-state index in [1.165, 1.54) is 11.8 Å². The molecule has 0 atom stereocenters. The van der Waals surface area contributed by atoms with Gasteiger partial charge in [0.1, 0.15) is 10.7 Å². The van der Waals surface area contributed by atoms with Crippen molar-refractivity contribution in [3.8, 4) is 11.3 Å². The van der Waals surface area contributed by atoms with Gasteiger partial charge in [-0.1, -0.05) is 66.4 Å². The Labute approximate surface area is 149 Å². The van der Waals surface area contributed by atoms with Crippen molar-refractivity contribution in [1.29, 1.82) is 0 Å². The van der Waals surface area contributed by atoms with Crippen LogP contribution in [0, 0.1) is 0 Å². The molecule has 4 nitrogen and oxygen atoms in total. The van der Waals surface area contributed by atoms with Gasteiger partial charge in [-0.3, -0.25) is 4.79 Å². The lowest BCUT2D eigenvalue weighted by atomic mass is 10.1. The van der Waals surface area contributed by atoms with Crippen LogP contribution in [0.25, 0.3) is 22.0 Å². The van der Waals surface area contributed by atoms with Gasteiger partial charge >= 0.3 is 0 Å². The fraction of sp³-hybridized carbons (Fsp3) is 0.0500. The first-order chi connectivity index (χ1) is 12.3. The number of carbonyl (C=O) groups excluding carboxylic acids is 1. The lowest BCUT2D eigenvalue weighted by Gasteiger charge is -2.08. The third-order valence-corrected chi connectivity index (χ3v) is 4.92. The summed E-state index contributed by atoms with van der Waals surface area (Å²) < 4.78 is 0. The molecule has 0 amide bonds. The zero-order valence-electron chi connectivity index (χ0n) is 13.3. The zero-order chi connectivity index (χ0) is 17.1. The molecule has 2 aromatic carbocycles. The molecule has 2 heterocycles. The van der Waals surface area contributed by atoms with Crippen molar-refractivity contribution in [1.82, 2.24) is 15.2 Å². The molecule has 0 radical (unpaired) electrons. The summed E-state index contributed by atoms with van der Waals surface area (Å²) in [5.41, 5.74) is 2.51. The Balaban J connectivity index is 1.68. The second-order valence-corrected chi connectivity index (χ2v) is 6.53. The fourth-order valence-corrected chi connectivity index (χ4v) is 3.57. The molecule has 0 spiro atoms. The number of ketones is 1. The van der Waals surface area contributed by atoms with Crippen LogP contribution in [0.1, 0.15) is 10.5 Å². The molecular formula is C20H15N3OS. The largest absolute Gasteiger partial charge is 0.359 e. The van der Waals surface area contributed by atoms with E-state index in [9.17, 15) is 4.79 Å². The number of rotatable bonds is 5. The molecule has 122 valence electrons. The summed E-state index contributed by atoms with van der Waals surface area (Å²) in [4.78, 5) is 15.1. The van der Waals surface area contributed by atoms with Crippen LogP contribution >= 0.6 is 11.8 Å². The Bertz CT molecular complexity index is 1010. The fourth-order valence-electron chi connectivity index (χ4n) is 2.71. The second kappa shape index (κ2) is 6.91. The highest BCUT2D eigenvalue weighted by Gasteiger charge is 2.13. The maximum absolute atomic E-state index is 12.2. The third-order valence-electron chi connectivity index (χ3n) is 3.94. The van der Waals surface area contributed by atoms with Crippen LogP contribution in [0.3, 0.4) is 0 Å². The van der Waals surface area contributed by atoms with Gasteiger partial charge in [0.05, 0.1) is 11.4 Å². The number of carbonyl (C=O) groups is 1. The minimum absolute atomic E-state index is 0.0491. The SMILES string of the molecule is O=C(CSc1nnc(-c2ccccc2)c2ccccc12)c1ccc[nH]1. The van der Waals surface area contributed by atoms with Crippen LogP contribution in [0.2, 0.25) is 0 Å². The van der Waals surface area contributed by atoms with E-state index in [2.05, 4.69) is 15.2 Å².